The minimum atomic E-state index is -0.176. The molecule has 2 N–H and O–H groups in total. The van der Waals surface area contributed by atoms with Crippen LogP contribution in [0.25, 0.3) is 0 Å². The Balaban J connectivity index is 2.05. The van der Waals surface area contributed by atoms with Gasteiger partial charge < -0.3 is 20.1 Å². The van der Waals surface area contributed by atoms with Crippen molar-refractivity contribution >= 4 is 29.2 Å². The highest BCUT2D eigenvalue weighted by Crippen LogP contribution is 2.34. The number of rotatable bonds is 5. The van der Waals surface area contributed by atoms with Gasteiger partial charge in [0.2, 0.25) is 5.95 Å². The van der Waals surface area contributed by atoms with Crippen LogP contribution in [0.3, 0.4) is 0 Å². The number of ketones is 1. The van der Waals surface area contributed by atoms with E-state index in [2.05, 4.69) is 15.0 Å². The summed E-state index contributed by atoms with van der Waals surface area (Å²) in [6, 6.07) is 1.78. The van der Waals surface area contributed by atoms with Crippen LogP contribution >= 0.6 is 11.6 Å². The maximum absolute atomic E-state index is 12.9. The monoisotopic (exact) mass is 403 g/mol. The van der Waals surface area contributed by atoms with E-state index in [9.17, 15) is 4.79 Å². The fraction of sp³-hybridized carbons (Fsp3) is 0.368. The molecule has 0 fully saturated rings. The second-order valence-electron chi connectivity index (χ2n) is 6.72. The van der Waals surface area contributed by atoms with Crippen LogP contribution in [-0.4, -0.2) is 41.5 Å². The summed E-state index contributed by atoms with van der Waals surface area (Å²) in [6.07, 6.45) is 3.52. The Morgan fingerprint density at radius 3 is 2.64 bits per heavy atom. The summed E-state index contributed by atoms with van der Waals surface area (Å²) in [5, 5.41) is 0.0483. The molecule has 9 heteroatoms. The minimum Gasteiger partial charge on any atom is -0.493 e. The quantitative estimate of drug-likeness (QED) is 0.600. The molecule has 0 saturated heterocycles. The van der Waals surface area contributed by atoms with Crippen LogP contribution < -0.4 is 20.1 Å². The molecule has 0 amide bonds. The molecule has 0 spiro atoms. The van der Waals surface area contributed by atoms with E-state index in [1.165, 1.54) is 0 Å². The van der Waals surface area contributed by atoms with E-state index in [0.29, 0.717) is 36.0 Å². The number of methoxy groups -OCH3 is 2. The van der Waals surface area contributed by atoms with Crippen molar-refractivity contribution in [2.75, 3.05) is 31.4 Å². The summed E-state index contributed by atoms with van der Waals surface area (Å²) in [5.74, 6) is 1.55. The lowest BCUT2D eigenvalue weighted by Gasteiger charge is -2.31. The molecule has 2 aromatic rings. The zero-order chi connectivity index (χ0) is 20.4. The zero-order valence-corrected chi connectivity index (χ0v) is 16.9. The van der Waals surface area contributed by atoms with Gasteiger partial charge in [-0.15, -0.1) is 0 Å². The standard InChI is InChI=1S/C19H22ClN5O3/c1-10(2)5-11-8-25(9-12-6-13(27-3)14(28-4)7-22-12)18-15(16(11)26)17(20)23-19(21)24-18/h5-7,10H,8-9H2,1-4H3,(H2,21,23,24)/b11-5+. The number of ether oxygens (including phenoxy) is 2. The molecular formula is C19H22ClN5O3. The maximum Gasteiger partial charge on any atom is 0.223 e. The summed E-state index contributed by atoms with van der Waals surface area (Å²) in [7, 11) is 3.12. The molecule has 0 aliphatic carbocycles. The molecule has 2 aromatic heterocycles. The topological polar surface area (TPSA) is 103 Å². The first-order valence-electron chi connectivity index (χ1n) is 8.74. The number of carbonyl (C=O) groups is 1. The number of allylic oxidation sites excluding steroid dienone is 1. The molecule has 0 atom stereocenters. The van der Waals surface area contributed by atoms with Crippen molar-refractivity contribution in [1.82, 2.24) is 15.0 Å². The van der Waals surface area contributed by atoms with E-state index in [4.69, 9.17) is 26.8 Å². The number of halogens is 1. The van der Waals surface area contributed by atoms with E-state index >= 15 is 0 Å². The van der Waals surface area contributed by atoms with Crippen LogP contribution in [0.5, 0.6) is 11.5 Å². The Labute approximate surface area is 168 Å². The lowest BCUT2D eigenvalue weighted by molar-refractivity contribution is 0.102. The number of pyridine rings is 1. The fourth-order valence-electron chi connectivity index (χ4n) is 3.10. The molecule has 28 heavy (non-hydrogen) atoms. The molecule has 0 saturated carbocycles. The Hall–Kier alpha value is -2.87. The predicted octanol–water partition coefficient (Wildman–Crippen LogP) is 2.91. The van der Waals surface area contributed by atoms with Crippen LogP contribution in [0, 0.1) is 5.92 Å². The Kier molecular flexibility index (Phi) is 5.69. The summed E-state index contributed by atoms with van der Waals surface area (Å²) < 4.78 is 10.6. The zero-order valence-electron chi connectivity index (χ0n) is 16.2. The Morgan fingerprint density at radius 2 is 2.00 bits per heavy atom. The third kappa shape index (κ3) is 3.87. The van der Waals surface area contributed by atoms with E-state index in [1.54, 1.807) is 26.5 Å². The summed E-state index contributed by atoms with van der Waals surface area (Å²) >= 11 is 6.24. The van der Waals surface area contributed by atoms with Crippen LogP contribution in [0.1, 0.15) is 29.9 Å². The second-order valence-corrected chi connectivity index (χ2v) is 7.08. The normalized spacial score (nSPS) is 15.1. The molecule has 0 radical (unpaired) electrons. The van der Waals surface area contributed by atoms with Gasteiger partial charge >= 0.3 is 0 Å². The predicted molar refractivity (Wildman–Crippen MR) is 107 cm³/mol. The van der Waals surface area contributed by atoms with Gasteiger partial charge in [-0.05, 0) is 5.92 Å². The molecule has 0 bridgehead atoms. The number of Topliss-reactive ketones (excluding diaryl/α,β-unsaturated/α-hetero) is 1. The number of fused-ring (bicyclic) bond motifs is 1. The van der Waals surface area contributed by atoms with Crippen molar-refractivity contribution < 1.29 is 14.3 Å². The van der Waals surface area contributed by atoms with Crippen LogP contribution in [0.4, 0.5) is 11.8 Å². The number of nitrogen functional groups attached to an aromatic ring is 1. The van der Waals surface area contributed by atoms with Gasteiger partial charge in [-0.2, -0.15) is 4.98 Å². The number of nitrogens with two attached hydrogens (primary N) is 1. The van der Waals surface area contributed by atoms with Gasteiger partial charge in [0, 0.05) is 18.2 Å². The average molecular weight is 404 g/mol. The third-order valence-electron chi connectivity index (χ3n) is 4.26. The van der Waals surface area contributed by atoms with Crippen LogP contribution in [0.2, 0.25) is 5.15 Å². The van der Waals surface area contributed by atoms with Crippen molar-refractivity contribution in [2.45, 2.75) is 20.4 Å². The molecule has 1 aliphatic heterocycles. The largest absolute Gasteiger partial charge is 0.493 e. The van der Waals surface area contributed by atoms with Gasteiger partial charge in [-0.25, -0.2) is 4.98 Å². The smallest absolute Gasteiger partial charge is 0.223 e. The van der Waals surface area contributed by atoms with Crippen LogP contribution in [-0.2, 0) is 6.54 Å². The highest BCUT2D eigenvalue weighted by molar-refractivity contribution is 6.35. The second kappa shape index (κ2) is 8.02. The number of nitrogens with zero attached hydrogens (tertiary/aromatic N) is 4. The number of carbonyl (C=O) groups excluding carboxylic acids is 1. The third-order valence-corrected chi connectivity index (χ3v) is 4.53. The molecule has 3 rings (SSSR count). The van der Waals surface area contributed by atoms with E-state index in [0.717, 1.165) is 5.69 Å². The molecule has 0 unspecified atom stereocenters. The Bertz CT molecular complexity index is 945. The van der Waals surface area contributed by atoms with Gasteiger partial charge in [-0.3, -0.25) is 9.78 Å². The van der Waals surface area contributed by atoms with Gasteiger partial charge in [0.1, 0.15) is 16.5 Å². The number of hydrogen-bond donors (Lipinski definition) is 1. The summed E-state index contributed by atoms with van der Waals surface area (Å²) in [6.45, 7) is 4.77. The lowest BCUT2D eigenvalue weighted by atomic mass is 9.96. The maximum atomic E-state index is 12.9. The van der Waals surface area contributed by atoms with Crippen molar-refractivity contribution in [1.29, 1.82) is 0 Å². The average Bonchev–Trinajstić information content (AvgIpc) is 2.64. The minimum absolute atomic E-state index is 0.0121. The molecule has 3 heterocycles. The van der Waals surface area contributed by atoms with Gasteiger partial charge in [0.05, 0.1) is 32.7 Å². The number of hydrogen-bond acceptors (Lipinski definition) is 8. The molecule has 8 nitrogen and oxygen atoms in total. The van der Waals surface area contributed by atoms with Crippen LogP contribution in [0.15, 0.2) is 23.9 Å². The van der Waals surface area contributed by atoms with E-state index in [-0.39, 0.29) is 28.4 Å². The van der Waals surface area contributed by atoms with Crippen molar-refractivity contribution in [3.63, 3.8) is 0 Å². The Morgan fingerprint density at radius 1 is 1.29 bits per heavy atom. The SMILES string of the molecule is COc1cnc(CN2C/C(=C\C(C)C)C(=O)c3c(Cl)nc(N)nc32)cc1OC. The van der Waals surface area contributed by atoms with Gasteiger partial charge in [0.15, 0.2) is 17.3 Å². The number of aromatic nitrogens is 3. The van der Waals surface area contributed by atoms with Crippen molar-refractivity contribution in [3.8, 4) is 11.5 Å². The molecule has 0 aromatic carbocycles. The molecule has 1 aliphatic rings. The van der Waals surface area contributed by atoms with E-state index in [1.807, 2.05) is 24.8 Å². The highest BCUT2D eigenvalue weighted by Gasteiger charge is 2.32. The summed E-state index contributed by atoms with van der Waals surface area (Å²) in [5.41, 5.74) is 7.39. The first kappa shape index (κ1) is 19.9. The molecule has 148 valence electrons. The van der Waals surface area contributed by atoms with Gasteiger partial charge in [0.25, 0.3) is 0 Å². The first-order chi connectivity index (χ1) is 13.3. The fourth-order valence-corrected chi connectivity index (χ4v) is 3.35. The highest BCUT2D eigenvalue weighted by atomic mass is 35.5. The number of anilines is 2. The molecular weight excluding hydrogens is 382 g/mol. The van der Waals surface area contributed by atoms with Crippen molar-refractivity contribution in [2.24, 2.45) is 5.92 Å². The van der Waals surface area contributed by atoms with Crippen molar-refractivity contribution in [3.05, 3.63) is 40.3 Å². The van der Waals surface area contributed by atoms with E-state index < -0.39 is 0 Å². The lowest BCUT2D eigenvalue weighted by Crippen LogP contribution is -2.35. The van der Waals surface area contributed by atoms with Gasteiger partial charge in [-0.1, -0.05) is 31.5 Å². The summed E-state index contributed by atoms with van der Waals surface area (Å²) in [4.78, 5) is 27.5. The first-order valence-corrected chi connectivity index (χ1v) is 9.12.